The third kappa shape index (κ3) is 6.85. The number of aldehydes is 1. The second-order valence-electron chi connectivity index (χ2n) is 9.99. The standard InChI is InChI=1S/C29H42O3/c1-20(2)11-8-12-21(3)13-9-14-22(4)15-10-17-29(7)18-16-25-26(19-30)27(31)23(5)24(6)28(25)32-29/h11,13,15,19,31H,8-10,12,14,16-18H2,1-7H3/b21-13+,22-15+/t29-/m1/s1. The molecule has 0 saturated carbocycles. The van der Waals surface area contributed by atoms with Crippen molar-refractivity contribution < 1.29 is 14.6 Å². The number of phenolic OH excluding ortho intramolecular Hbond substituents is 1. The maximum absolute atomic E-state index is 11.5. The number of fused-ring (bicyclic) bond motifs is 1. The fourth-order valence-corrected chi connectivity index (χ4v) is 4.38. The molecule has 0 radical (unpaired) electrons. The fourth-order valence-electron chi connectivity index (χ4n) is 4.38. The second kappa shape index (κ2) is 11.5. The first-order chi connectivity index (χ1) is 15.1. The number of carbonyl (C=O) groups excluding carboxylic acids is 1. The third-order valence-corrected chi connectivity index (χ3v) is 6.77. The van der Waals surface area contributed by atoms with Gasteiger partial charge < -0.3 is 9.84 Å². The molecule has 1 N–H and O–H groups in total. The van der Waals surface area contributed by atoms with Crippen molar-refractivity contribution in [3.8, 4) is 11.5 Å². The lowest BCUT2D eigenvalue weighted by atomic mass is 9.84. The molecule has 0 amide bonds. The average molecular weight is 439 g/mol. The summed E-state index contributed by atoms with van der Waals surface area (Å²) in [5.74, 6) is 0.897. The molecule has 0 aliphatic carbocycles. The quantitative estimate of drug-likeness (QED) is 0.296. The molecular weight excluding hydrogens is 396 g/mol. The van der Waals surface area contributed by atoms with E-state index in [0.717, 1.165) is 80.1 Å². The van der Waals surface area contributed by atoms with E-state index in [2.05, 4.69) is 52.8 Å². The Kier molecular flexibility index (Phi) is 9.36. The molecule has 0 unspecified atom stereocenters. The maximum atomic E-state index is 11.5. The van der Waals surface area contributed by atoms with Crippen LogP contribution in [0.1, 0.15) is 107 Å². The van der Waals surface area contributed by atoms with Gasteiger partial charge in [0.2, 0.25) is 0 Å². The van der Waals surface area contributed by atoms with Crippen LogP contribution < -0.4 is 4.74 Å². The highest BCUT2D eigenvalue weighted by Gasteiger charge is 2.34. The van der Waals surface area contributed by atoms with Crippen LogP contribution in [0.4, 0.5) is 0 Å². The number of aromatic hydroxyl groups is 1. The van der Waals surface area contributed by atoms with E-state index in [1.165, 1.54) is 16.7 Å². The first-order valence-corrected chi connectivity index (χ1v) is 12.0. The first-order valence-electron chi connectivity index (χ1n) is 12.0. The van der Waals surface area contributed by atoms with Crippen molar-refractivity contribution in [1.29, 1.82) is 0 Å². The molecule has 1 heterocycles. The summed E-state index contributed by atoms with van der Waals surface area (Å²) in [4.78, 5) is 11.5. The molecule has 1 aliphatic heterocycles. The minimum Gasteiger partial charge on any atom is -0.507 e. The van der Waals surface area contributed by atoms with E-state index in [1.807, 2.05) is 13.8 Å². The summed E-state index contributed by atoms with van der Waals surface area (Å²) in [5, 5.41) is 10.3. The van der Waals surface area contributed by atoms with Gasteiger partial charge in [-0.3, -0.25) is 4.79 Å². The van der Waals surface area contributed by atoms with Gasteiger partial charge in [0.1, 0.15) is 17.1 Å². The Labute approximate surface area is 195 Å². The summed E-state index contributed by atoms with van der Waals surface area (Å²) in [7, 11) is 0. The number of phenols is 1. The van der Waals surface area contributed by atoms with Gasteiger partial charge in [0.25, 0.3) is 0 Å². The maximum Gasteiger partial charge on any atom is 0.154 e. The first kappa shape index (κ1) is 26.0. The fraction of sp³-hybridized carbons (Fsp3) is 0.552. The van der Waals surface area contributed by atoms with Gasteiger partial charge in [0.05, 0.1) is 5.56 Å². The zero-order chi connectivity index (χ0) is 23.9. The van der Waals surface area contributed by atoms with Crippen molar-refractivity contribution in [2.24, 2.45) is 0 Å². The third-order valence-electron chi connectivity index (χ3n) is 6.77. The van der Waals surface area contributed by atoms with Crippen molar-refractivity contribution in [1.82, 2.24) is 0 Å². The molecular formula is C29H42O3. The molecule has 0 fully saturated rings. The predicted molar refractivity (Wildman–Crippen MR) is 135 cm³/mol. The van der Waals surface area contributed by atoms with Gasteiger partial charge in [-0.05, 0) is 111 Å². The lowest BCUT2D eigenvalue weighted by molar-refractivity contribution is 0.0556. The molecule has 0 aromatic heterocycles. The molecule has 2 rings (SSSR count). The molecule has 1 aromatic carbocycles. The molecule has 1 atom stereocenters. The van der Waals surface area contributed by atoms with Crippen LogP contribution in [-0.4, -0.2) is 17.0 Å². The highest BCUT2D eigenvalue weighted by Crippen LogP contribution is 2.44. The number of benzene rings is 1. The summed E-state index contributed by atoms with van der Waals surface area (Å²) in [5.41, 5.74) is 6.97. The topological polar surface area (TPSA) is 46.5 Å². The molecule has 3 heteroatoms. The van der Waals surface area contributed by atoms with E-state index in [1.54, 1.807) is 0 Å². The molecule has 0 bridgehead atoms. The minimum absolute atomic E-state index is 0.100. The molecule has 3 nitrogen and oxygen atoms in total. The molecule has 0 saturated heterocycles. The summed E-state index contributed by atoms with van der Waals surface area (Å²) >= 11 is 0. The molecule has 176 valence electrons. The van der Waals surface area contributed by atoms with E-state index < -0.39 is 0 Å². The van der Waals surface area contributed by atoms with Gasteiger partial charge in [0.15, 0.2) is 6.29 Å². The Morgan fingerprint density at radius 1 is 0.969 bits per heavy atom. The molecule has 32 heavy (non-hydrogen) atoms. The Morgan fingerprint density at radius 2 is 1.56 bits per heavy atom. The Hall–Kier alpha value is -2.29. The summed E-state index contributed by atoms with van der Waals surface area (Å²) < 4.78 is 6.46. The molecule has 1 aromatic rings. The monoisotopic (exact) mass is 438 g/mol. The highest BCUT2D eigenvalue weighted by atomic mass is 16.5. The van der Waals surface area contributed by atoms with E-state index in [9.17, 15) is 9.90 Å². The highest BCUT2D eigenvalue weighted by molar-refractivity contribution is 5.85. The number of hydrogen-bond donors (Lipinski definition) is 1. The summed E-state index contributed by atoms with van der Waals surface area (Å²) in [6.45, 7) is 14.7. The van der Waals surface area contributed by atoms with Gasteiger partial charge in [-0.25, -0.2) is 0 Å². The number of carbonyl (C=O) groups is 1. The summed E-state index contributed by atoms with van der Waals surface area (Å²) in [6, 6.07) is 0. The Morgan fingerprint density at radius 3 is 2.16 bits per heavy atom. The molecule has 1 aliphatic rings. The SMILES string of the molecule is CC(C)=CCC/C(C)=C/CC/C(C)=C/CC[C@]1(C)CCc2c(C=O)c(O)c(C)c(C)c2O1. The van der Waals surface area contributed by atoms with Crippen LogP contribution in [0.15, 0.2) is 34.9 Å². The number of rotatable bonds is 10. The normalized spacial score (nSPS) is 18.7. The van der Waals surface area contributed by atoms with Crippen LogP contribution in [0.25, 0.3) is 0 Å². The van der Waals surface area contributed by atoms with Crippen molar-refractivity contribution in [3.63, 3.8) is 0 Å². The van der Waals surface area contributed by atoms with Crippen LogP contribution in [0.3, 0.4) is 0 Å². The zero-order valence-corrected chi connectivity index (χ0v) is 21.2. The number of allylic oxidation sites excluding steroid dienone is 6. The zero-order valence-electron chi connectivity index (χ0n) is 21.2. The summed E-state index contributed by atoms with van der Waals surface area (Å²) in [6.07, 6.45) is 15.8. The van der Waals surface area contributed by atoms with Gasteiger partial charge in [-0.2, -0.15) is 0 Å². The lowest BCUT2D eigenvalue weighted by Crippen LogP contribution is -2.37. The van der Waals surface area contributed by atoms with Gasteiger partial charge in [0, 0.05) is 5.56 Å². The van der Waals surface area contributed by atoms with Crippen molar-refractivity contribution in [2.45, 2.75) is 105 Å². The Balaban J connectivity index is 1.92. The largest absolute Gasteiger partial charge is 0.507 e. The van der Waals surface area contributed by atoms with Crippen LogP contribution in [0.2, 0.25) is 0 Å². The van der Waals surface area contributed by atoms with Crippen LogP contribution in [0.5, 0.6) is 11.5 Å². The van der Waals surface area contributed by atoms with Crippen molar-refractivity contribution in [3.05, 3.63) is 57.2 Å². The number of ether oxygens (including phenoxy) is 1. The smallest absolute Gasteiger partial charge is 0.154 e. The van der Waals surface area contributed by atoms with E-state index >= 15 is 0 Å². The second-order valence-corrected chi connectivity index (χ2v) is 9.99. The van der Waals surface area contributed by atoms with Crippen LogP contribution in [-0.2, 0) is 6.42 Å². The van der Waals surface area contributed by atoms with E-state index in [4.69, 9.17) is 4.74 Å². The lowest BCUT2D eigenvalue weighted by Gasteiger charge is -2.37. The van der Waals surface area contributed by atoms with Crippen LogP contribution in [0, 0.1) is 13.8 Å². The predicted octanol–water partition coefficient (Wildman–Crippen LogP) is 8.10. The average Bonchev–Trinajstić information content (AvgIpc) is 2.73. The minimum atomic E-state index is -0.250. The number of hydrogen-bond acceptors (Lipinski definition) is 3. The molecule has 0 spiro atoms. The van der Waals surface area contributed by atoms with Crippen LogP contribution >= 0.6 is 0 Å². The Bertz CT molecular complexity index is 913. The van der Waals surface area contributed by atoms with E-state index in [0.29, 0.717) is 5.56 Å². The van der Waals surface area contributed by atoms with Crippen molar-refractivity contribution >= 4 is 6.29 Å². The van der Waals surface area contributed by atoms with E-state index in [-0.39, 0.29) is 11.4 Å². The van der Waals surface area contributed by atoms with Gasteiger partial charge >= 0.3 is 0 Å². The van der Waals surface area contributed by atoms with Gasteiger partial charge in [-0.15, -0.1) is 0 Å². The van der Waals surface area contributed by atoms with Crippen molar-refractivity contribution in [2.75, 3.05) is 0 Å². The van der Waals surface area contributed by atoms with Gasteiger partial charge in [-0.1, -0.05) is 34.9 Å².